The molecule has 1 aromatic heterocycles. The van der Waals surface area contributed by atoms with E-state index >= 15 is 0 Å². The Labute approximate surface area is 254 Å². The Morgan fingerprint density at radius 1 is 1.12 bits per heavy atom. The number of amides is 4. The SMILES string of the molecule is Cc1ccc(CCNC(=O)[C@H](C(C)C)N2CC[C@@]3(CCCN3C(=O)[C@H](Cc3cnc[nH]3)NC(=O)CCCCN)C2=O)cc1. The Morgan fingerprint density at radius 3 is 2.56 bits per heavy atom. The van der Waals surface area contributed by atoms with Gasteiger partial charge in [0, 0.05) is 44.4 Å². The third-order valence-corrected chi connectivity index (χ3v) is 8.72. The highest BCUT2D eigenvalue weighted by molar-refractivity contribution is 5.98. The van der Waals surface area contributed by atoms with Gasteiger partial charge in [0.2, 0.25) is 23.6 Å². The van der Waals surface area contributed by atoms with E-state index < -0.39 is 17.6 Å². The average molecular weight is 594 g/mol. The lowest BCUT2D eigenvalue weighted by Crippen LogP contribution is -2.60. The lowest BCUT2D eigenvalue weighted by atomic mass is 9.92. The monoisotopic (exact) mass is 593 g/mol. The van der Waals surface area contributed by atoms with Crippen molar-refractivity contribution in [1.82, 2.24) is 30.4 Å². The molecule has 11 heteroatoms. The van der Waals surface area contributed by atoms with Gasteiger partial charge in [0.25, 0.3) is 0 Å². The summed E-state index contributed by atoms with van der Waals surface area (Å²) >= 11 is 0. The van der Waals surface area contributed by atoms with Crippen LogP contribution in [-0.4, -0.2) is 87.2 Å². The molecule has 234 valence electrons. The maximum atomic E-state index is 14.2. The van der Waals surface area contributed by atoms with Gasteiger partial charge in [-0.15, -0.1) is 0 Å². The van der Waals surface area contributed by atoms with Crippen molar-refractivity contribution in [2.45, 2.75) is 89.8 Å². The standard InChI is InChI=1S/C32H47N7O4/c1-22(2)28(29(41)35-16-12-24-10-8-23(3)9-11-24)38-18-14-32(31(38)43)13-6-17-39(32)30(42)26(19-25-20-34-21-36-25)37-27(40)7-4-5-15-33/h8-11,20-22,26,28H,4-7,12-19,33H2,1-3H3,(H,34,36)(H,35,41)(H,37,40)/t26-,28-,32-/m0/s1. The molecule has 5 N–H and O–H groups in total. The lowest BCUT2D eigenvalue weighted by molar-refractivity contribution is -0.151. The highest BCUT2D eigenvalue weighted by Crippen LogP contribution is 2.40. The largest absolute Gasteiger partial charge is 0.354 e. The smallest absolute Gasteiger partial charge is 0.249 e. The number of H-pyrrole nitrogens is 1. The van der Waals surface area contributed by atoms with Crippen LogP contribution in [0.15, 0.2) is 36.8 Å². The number of rotatable bonds is 14. The number of nitrogens with zero attached hydrogens (tertiary/aromatic N) is 3. The third-order valence-electron chi connectivity index (χ3n) is 8.72. The molecule has 0 unspecified atom stereocenters. The predicted molar refractivity (Wildman–Crippen MR) is 164 cm³/mol. The summed E-state index contributed by atoms with van der Waals surface area (Å²) < 4.78 is 0. The molecule has 2 aromatic rings. The van der Waals surface area contributed by atoms with Crippen molar-refractivity contribution < 1.29 is 19.2 Å². The number of imidazole rings is 1. The molecule has 2 saturated heterocycles. The predicted octanol–water partition coefficient (Wildman–Crippen LogP) is 1.85. The number of nitrogens with one attached hydrogen (secondary N) is 3. The summed E-state index contributed by atoms with van der Waals surface area (Å²) in [5.41, 5.74) is 7.61. The number of hydrogen-bond acceptors (Lipinski definition) is 6. The summed E-state index contributed by atoms with van der Waals surface area (Å²) in [4.78, 5) is 64.9. The maximum absolute atomic E-state index is 14.2. The van der Waals surface area contributed by atoms with E-state index in [2.05, 4.69) is 44.9 Å². The minimum Gasteiger partial charge on any atom is -0.354 e. The van der Waals surface area contributed by atoms with Crippen molar-refractivity contribution in [2.75, 3.05) is 26.2 Å². The van der Waals surface area contributed by atoms with Crippen molar-refractivity contribution in [3.05, 3.63) is 53.6 Å². The summed E-state index contributed by atoms with van der Waals surface area (Å²) in [6.45, 7) is 7.73. The number of hydrogen-bond donors (Lipinski definition) is 4. The molecule has 0 aliphatic carbocycles. The van der Waals surface area contributed by atoms with Crippen LogP contribution in [0.1, 0.15) is 69.2 Å². The Bertz CT molecular complexity index is 1250. The summed E-state index contributed by atoms with van der Waals surface area (Å²) in [7, 11) is 0. The minimum absolute atomic E-state index is 0.107. The number of aromatic nitrogens is 2. The van der Waals surface area contributed by atoms with Gasteiger partial charge in [-0.2, -0.15) is 0 Å². The van der Waals surface area contributed by atoms with Gasteiger partial charge in [-0.1, -0.05) is 43.7 Å². The maximum Gasteiger partial charge on any atom is 0.249 e. The number of nitrogens with two attached hydrogens (primary N) is 1. The van der Waals surface area contributed by atoms with Crippen LogP contribution >= 0.6 is 0 Å². The molecule has 0 bridgehead atoms. The number of likely N-dealkylation sites (tertiary alicyclic amines) is 2. The first-order chi connectivity index (χ1) is 20.7. The highest BCUT2D eigenvalue weighted by Gasteiger charge is 2.57. The van der Waals surface area contributed by atoms with Crippen LogP contribution in [0, 0.1) is 12.8 Å². The van der Waals surface area contributed by atoms with E-state index in [1.165, 1.54) is 11.9 Å². The van der Waals surface area contributed by atoms with Gasteiger partial charge in [0.1, 0.15) is 17.6 Å². The number of aryl methyl sites for hydroxylation is 1. The fourth-order valence-corrected chi connectivity index (χ4v) is 6.42. The minimum atomic E-state index is -1.01. The molecular formula is C32H47N7O4. The number of carbonyl (C=O) groups is 4. The summed E-state index contributed by atoms with van der Waals surface area (Å²) in [5.74, 6) is -0.963. The number of unbranched alkanes of at least 4 members (excludes halogenated alkanes) is 1. The number of benzene rings is 1. The van der Waals surface area contributed by atoms with E-state index in [0.29, 0.717) is 58.3 Å². The zero-order chi connectivity index (χ0) is 31.0. The van der Waals surface area contributed by atoms with Gasteiger partial charge in [-0.05, 0) is 63.5 Å². The Hall–Kier alpha value is -3.73. The quantitative estimate of drug-likeness (QED) is 0.245. The first-order valence-corrected chi connectivity index (χ1v) is 15.6. The van der Waals surface area contributed by atoms with Crippen LogP contribution in [0.25, 0.3) is 0 Å². The van der Waals surface area contributed by atoms with E-state index in [1.54, 1.807) is 16.0 Å². The zero-order valence-electron chi connectivity index (χ0n) is 25.7. The summed E-state index contributed by atoms with van der Waals surface area (Å²) in [5, 5.41) is 5.96. The summed E-state index contributed by atoms with van der Waals surface area (Å²) in [6.07, 6.45) is 7.42. The van der Waals surface area contributed by atoms with Crippen molar-refractivity contribution >= 4 is 23.6 Å². The van der Waals surface area contributed by atoms with Gasteiger partial charge >= 0.3 is 0 Å². The number of carbonyl (C=O) groups excluding carboxylic acids is 4. The molecule has 4 rings (SSSR count). The molecule has 1 spiro atoms. The van der Waals surface area contributed by atoms with Crippen molar-refractivity contribution in [1.29, 1.82) is 0 Å². The first-order valence-electron chi connectivity index (χ1n) is 15.6. The van der Waals surface area contributed by atoms with Gasteiger partial charge in [-0.25, -0.2) is 4.98 Å². The second kappa shape index (κ2) is 14.6. The Balaban J connectivity index is 1.46. The van der Waals surface area contributed by atoms with E-state index in [1.807, 2.05) is 20.8 Å². The van der Waals surface area contributed by atoms with Crippen LogP contribution in [0.5, 0.6) is 0 Å². The molecule has 3 atom stereocenters. The molecule has 2 aliphatic heterocycles. The molecule has 2 fully saturated rings. The van der Waals surface area contributed by atoms with Gasteiger partial charge < -0.3 is 31.2 Å². The van der Waals surface area contributed by atoms with Crippen LogP contribution < -0.4 is 16.4 Å². The van der Waals surface area contributed by atoms with Gasteiger partial charge in [0.15, 0.2) is 0 Å². The summed E-state index contributed by atoms with van der Waals surface area (Å²) in [6, 6.07) is 6.75. The zero-order valence-corrected chi connectivity index (χ0v) is 25.7. The molecule has 0 radical (unpaired) electrons. The molecule has 43 heavy (non-hydrogen) atoms. The first kappa shape index (κ1) is 32.2. The highest BCUT2D eigenvalue weighted by atomic mass is 16.2. The molecule has 2 aliphatic rings. The van der Waals surface area contributed by atoms with Crippen molar-refractivity contribution in [3.63, 3.8) is 0 Å². The molecule has 1 aromatic carbocycles. The van der Waals surface area contributed by atoms with E-state index in [0.717, 1.165) is 17.7 Å². The van der Waals surface area contributed by atoms with E-state index in [9.17, 15) is 19.2 Å². The van der Waals surface area contributed by atoms with Crippen LogP contribution in [0.3, 0.4) is 0 Å². The fourth-order valence-electron chi connectivity index (χ4n) is 6.42. The third kappa shape index (κ3) is 7.62. The van der Waals surface area contributed by atoms with Crippen molar-refractivity contribution in [3.8, 4) is 0 Å². The lowest BCUT2D eigenvalue weighted by Gasteiger charge is -2.37. The fraction of sp³-hybridized carbons (Fsp3) is 0.594. The normalized spacial score (nSPS) is 19.7. The molecular weight excluding hydrogens is 546 g/mol. The topological polar surface area (TPSA) is 154 Å². The van der Waals surface area contributed by atoms with Crippen LogP contribution in [-0.2, 0) is 32.0 Å². The van der Waals surface area contributed by atoms with Crippen LogP contribution in [0.2, 0.25) is 0 Å². The molecule has 3 heterocycles. The second-order valence-corrected chi connectivity index (χ2v) is 12.2. The second-order valence-electron chi connectivity index (χ2n) is 12.2. The van der Waals surface area contributed by atoms with Crippen LogP contribution in [0.4, 0.5) is 0 Å². The average Bonchev–Trinajstić information content (AvgIpc) is 3.72. The Kier molecular flexibility index (Phi) is 11.0. The van der Waals surface area contributed by atoms with E-state index in [4.69, 9.17) is 5.73 Å². The number of aromatic amines is 1. The Morgan fingerprint density at radius 2 is 1.88 bits per heavy atom. The molecule has 11 nitrogen and oxygen atoms in total. The van der Waals surface area contributed by atoms with Crippen molar-refractivity contribution in [2.24, 2.45) is 11.7 Å². The van der Waals surface area contributed by atoms with Gasteiger partial charge in [-0.3, -0.25) is 19.2 Å². The van der Waals surface area contributed by atoms with E-state index in [-0.39, 0.29) is 42.4 Å². The molecule has 4 amide bonds. The van der Waals surface area contributed by atoms with Gasteiger partial charge in [0.05, 0.1) is 6.33 Å². The molecule has 0 saturated carbocycles.